The van der Waals surface area contributed by atoms with Crippen molar-refractivity contribution >= 4 is 6.03 Å². The van der Waals surface area contributed by atoms with Crippen molar-refractivity contribution in [3.8, 4) is 11.5 Å². The third-order valence-electron chi connectivity index (χ3n) is 7.25. The number of rotatable bonds is 10. The first-order chi connectivity index (χ1) is 16.0. The highest BCUT2D eigenvalue weighted by Crippen LogP contribution is 2.33. The number of nitrogens with zero attached hydrogens (tertiary/aromatic N) is 2. The number of ether oxygens (including phenoxy) is 3. The van der Waals surface area contributed by atoms with Crippen molar-refractivity contribution in [1.82, 2.24) is 15.1 Å². The number of fused-ring (bicyclic) bond motifs is 1. The Bertz CT molecular complexity index is 755. The van der Waals surface area contributed by atoms with Crippen LogP contribution in [0.5, 0.6) is 11.5 Å². The molecule has 2 aliphatic rings. The minimum absolute atomic E-state index is 0.0199. The summed E-state index contributed by atoms with van der Waals surface area (Å²) in [4.78, 5) is 18.2. The minimum atomic E-state index is -0.125. The van der Waals surface area contributed by atoms with Crippen LogP contribution in [0.3, 0.4) is 0 Å². The first kappa shape index (κ1) is 25.6. The predicted molar refractivity (Wildman–Crippen MR) is 131 cm³/mol. The van der Waals surface area contributed by atoms with Gasteiger partial charge in [0.2, 0.25) is 0 Å². The van der Waals surface area contributed by atoms with Crippen molar-refractivity contribution < 1.29 is 19.0 Å². The molecule has 2 saturated heterocycles. The number of methoxy groups -OCH3 is 3. The maximum Gasteiger partial charge on any atom is 0.317 e. The van der Waals surface area contributed by atoms with Gasteiger partial charge in [0.05, 0.1) is 26.9 Å². The number of nitrogens with one attached hydrogen (secondary N) is 1. The first-order valence-corrected chi connectivity index (χ1v) is 12.5. The second kappa shape index (κ2) is 12.5. The number of carbonyl (C=O) groups is 1. The van der Waals surface area contributed by atoms with E-state index in [0.29, 0.717) is 36.6 Å². The summed E-state index contributed by atoms with van der Waals surface area (Å²) >= 11 is 0. The van der Waals surface area contributed by atoms with Gasteiger partial charge in [-0.25, -0.2) is 4.79 Å². The lowest BCUT2D eigenvalue weighted by molar-refractivity contribution is 0.0417. The fraction of sp³-hybridized carbons (Fsp3) is 0.731. The van der Waals surface area contributed by atoms with Crippen molar-refractivity contribution in [2.75, 3.05) is 54.1 Å². The standard InChI is InChI=1S/C26H43N3O4/c1-19(2)25(20-11-12-23(32-4)24(17-20)33-5)27-26(30)29(15-16-31-3)18-21-9-8-14-28-13-7-6-10-22(21)28/h11-12,17,19,21-22,25H,6-10,13-16,18H2,1-5H3,(H,27,30). The summed E-state index contributed by atoms with van der Waals surface area (Å²) in [5.74, 6) is 2.11. The molecule has 3 unspecified atom stereocenters. The molecule has 0 aliphatic carbocycles. The zero-order chi connectivity index (χ0) is 23.8. The average Bonchev–Trinajstić information content (AvgIpc) is 2.84. The Morgan fingerprint density at radius 3 is 2.55 bits per heavy atom. The Morgan fingerprint density at radius 2 is 1.85 bits per heavy atom. The van der Waals surface area contributed by atoms with Gasteiger partial charge in [-0.05, 0) is 68.3 Å². The molecule has 33 heavy (non-hydrogen) atoms. The molecule has 3 atom stereocenters. The normalized spacial score (nSPS) is 21.9. The van der Waals surface area contributed by atoms with Crippen molar-refractivity contribution in [1.29, 1.82) is 0 Å². The number of piperidine rings is 2. The van der Waals surface area contributed by atoms with Crippen LogP contribution in [0.4, 0.5) is 4.79 Å². The summed E-state index contributed by atoms with van der Waals surface area (Å²) in [5.41, 5.74) is 1.01. The Kier molecular flexibility index (Phi) is 9.68. The van der Waals surface area contributed by atoms with Crippen LogP contribution >= 0.6 is 0 Å². The van der Waals surface area contributed by atoms with Crippen molar-refractivity contribution in [3.05, 3.63) is 23.8 Å². The van der Waals surface area contributed by atoms with Gasteiger partial charge < -0.3 is 29.3 Å². The molecule has 2 amide bonds. The topological polar surface area (TPSA) is 63.3 Å². The maximum absolute atomic E-state index is 13.5. The van der Waals surface area contributed by atoms with E-state index in [-0.39, 0.29) is 18.0 Å². The summed E-state index contributed by atoms with van der Waals surface area (Å²) in [5, 5.41) is 3.31. The Morgan fingerprint density at radius 1 is 1.09 bits per heavy atom. The monoisotopic (exact) mass is 461 g/mol. The van der Waals surface area contributed by atoms with Gasteiger partial charge in [0, 0.05) is 26.2 Å². The third-order valence-corrected chi connectivity index (χ3v) is 7.25. The van der Waals surface area contributed by atoms with Crippen LogP contribution in [0.15, 0.2) is 18.2 Å². The molecule has 1 N–H and O–H groups in total. The van der Waals surface area contributed by atoms with E-state index in [1.54, 1.807) is 21.3 Å². The lowest BCUT2D eigenvalue weighted by Gasteiger charge is -2.45. The minimum Gasteiger partial charge on any atom is -0.493 e. The van der Waals surface area contributed by atoms with Gasteiger partial charge in [-0.2, -0.15) is 0 Å². The average molecular weight is 462 g/mol. The van der Waals surface area contributed by atoms with Gasteiger partial charge in [0.1, 0.15) is 0 Å². The largest absolute Gasteiger partial charge is 0.493 e. The zero-order valence-electron chi connectivity index (χ0n) is 21.1. The molecular weight excluding hydrogens is 418 g/mol. The van der Waals surface area contributed by atoms with Crippen LogP contribution in [-0.2, 0) is 4.74 Å². The molecule has 186 valence electrons. The maximum atomic E-state index is 13.5. The van der Waals surface area contributed by atoms with Crippen molar-refractivity contribution in [2.45, 2.75) is 58.0 Å². The van der Waals surface area contributed by atoms with Crippen LogP contribution in [0.1, 0.15) is 57.6 Å². The van der Waals surface area contributed by atoms with E-state index in [9.17, 15) is 4.79 Å². The van der Waals surface area contributed by atoms with Crippen molar-refractivity contribution in [3.63, 3.8) is 0 Å². The summed E-state index contributed by atoms with van der Waals surface area (Å²) in [7, 11) is 4.96. The molecule has 0 saturated carbocycles. The predicted octanol–water partition coefficient (Wildman–Crippen LogP) is 4.32. The quantitative estimate of drug-likeness (QED) is 0.562. The molecule has 0 spiro atoms. The van der Waals surface area contributed by atoms with Crippen LogP contribution in [-0.4, -0.2) is 76.0 Å². The first-order valence-electron chi connectivity index (χ1n) is 12.5. The molecule has 3 rings (SSSR count). The van der Waals surface area contributed by atoms with Gasteiger partial charge in [-0.3, -0.25) is 0 Å². The second-order valence-electron chi connectivity index (χ2n) is 9.73. The van der Waals surface area contributed by atoms with E-state index in [4.69, 9.17) is 14.2 Å². The molecule has 0 radical (unpaired) electrons. The van der Waals surface area contributed by atoms with Gasteiger partial charge in [0.15, 0.2) is 11.5 Å². The van der Waals surface area contributed by atoms with Crippen LogP contribution in [0.2, 0.25) is 0 Å². The molecule has 1 aromatic rings. The summed E-state index contributed by atoms with van der Waals surface area (Å²) < 4.78 is 16.2. The highest BCUT2D eigenvalue weighted by Gasteiger charge is 2.35. The van der Waals surface area contributed by atoms with E-state index in [1.807, 2.05) is 23.1 Å². The molecule has 7 nitrogen and oxygen atoms in total. The smallest absolute Gasteiger partial charge is 0.317 e. The van der Waals surface area contributed by atoms with Gasteiger partial charge in [0.25, 0.3) is 0 Å². The molecule has 0 bridgehead atoms. The number of amides is 2. The molecule has 1 aromatic carbocycles. The van der Waals surface area contributed by atoms with Crippen molar-refractivity contribution in [2.24, 2.45) is 11.8 Å². The van der Waals surface area contributed by atoms with Gasteiger partial charge in [-0.15, -0.1) is 0 Å². The van der Waals surface area contributed by atoms with Gasteiger partial charge >= 0.3 is 6.03 Å². The number of urea groups is 1. The summed E-state index contributed by atoms with van der Waals surface area (Å²) in [6.07, 6.45) is 6.28. The van der Waals surface area contributed by atoms with Crippen LogP contribution in [0, 0.1) is 11.8 Å². The molecule has 2 heterocycles. The zero-order valence-corrected chi connectivity index (χ0v) is 21.1. The lowest BCUT2D eigenvalue weighted by atomic mass is 9.83. The van der Waals surface area contributed by atoms with E-state index in [2.05, 4.69) is 24.1 Å². The molecule has 0 aromatic heterocycles. The summed E-state index contributed by atoms with van der Waals surface area (Å²) in [6.45, 7) is 8.59. The number of carbonyl (C=O) groups excluding carboxylic acids is 1. The molecular formula is C26H43N3O4. The highest BCUT2D eigenvalue weighted by molar-refractivity contribution is 5.75. The summed E-state index contributed by atoms with van der Waals surface area (Å²) in [6, 6.07) is 6.33. The van der Waals surface area contributed by atoms with E-state index >= 15 is 0 Å². The fourth-order valence-corrected chi connectivity index (χ4v) is 5.46. The lowest BCUT2D eigenvalue weighted by Crippen LogP contribution is -2.53. The molecule has 2 fully saturated rings. The number of benzene rings is 1. The number of hydrogen-bond donors (Lipinski definition) is 1. The number of hydrogen-bond acceptors (Lipinski definition) is 5. The fourth-order valence-electron chi connectivity index (χ4n) is 5.46. The molecule has 2 aliphatic heterocycles. The third kappa shape index (κ3) is 6.54. The van der Waals surface area contributed by atoms with E-state index in [0.717, 1.165) is 12.1 Å². The van der Waals surface area contributed by atoms with E-state index < -0.39 is 0 Å². The highest BCUT2D eigenvalue weighted by atomic mass is 16.5. The molecule has 7 heteroatoms. The second-order valence-corrected chi connectivity index (χ2v) is 9.73. The Labute approximate surface area is 199 Å². The van der Waals surface area contributed by atoms with Gasteiger partial charge in [-0.1, -0.05) is 26.3 Å². The Balaban J connectivity index is 1.74. The van der Waals surface area contributed by atoms with E-state index in [1.165, 1.54) is 45.2 Å². The SMILES string of the molecule is COCCN(CC1CCCN2CCCCC12)C(=O)NC(c1ccc(OC)c(OC)c1)C(C)C. The van der Waals surface area contributed by atoms with Crippen LogP contribution in [0.25, 0.3) is 0 Å². The Hall–Kier alpha value is -1.99. The van der Waals surface area contributed by atoms with Crippen LogP contribution < -0.4 is 14.8 Å².